The van der Waals surface area contributed by atoms with Gasteiger partial charge in [-0.05, 0) is 37.9 Å². The molecule has 2 amide bonds. The predicted octanol–water partition coefficient (Wildman–Crippen LogP) is 1.48. The third kappa shape index (κ3) is 5.43. The summed E-state index contributed by atoms with van der Waals surface area (Å²) >= 11 is 1.35. The van der Waals surface area contributed by atoms with E-state index in [1.54, 1.807) is 11.1 Å². The molecule has 166 valence electrons. The number of likely N-dealkylation sites (tertiary alicyclic amines) is 2. The van der Waals surface area contributed by atoms with Gasteiger partial charge < -0.3 is 15.1 Å². The highest BCUT2D eigenvalue weighted by Gasteiger charge is 2.25. The number of aromatic nitrogens is 4. The Kier molecular flexibility index (Phi) is 7.18. The van der Waals surface area contributed by atoms with E-state index in [2.05, 4.69) is 32.3 Å². The van der Waals surface area contributed by atoms with E-state index < -0.39 is 0 Å². The number of piperidine rings is 1. The Bertz CT molecular complexity index is 896. The minimum absolute atomic E-state index is 0.00629. The van der Waals surface area contributed by atoms with Crippen molar-refractivity contribution in [1.29, 1.82) is 0 Å². The van der Waals surface area contributed by atoms with Crippen LogP contribution in [0.4, 0.5) is 0 Å². The zero-order chi connectivity index (χ0) is 21.6. The second-order valence-corrected chi connectivity index (χ2v) is 8.85. The van der Waals surface area contributed by atoms with Gasteiger partial charge in [0, 0.05) is 38.3 Å². The molecule has 0 spiro atoms. The molecule has 31 heavy (non-hydrogen) atoms. The van der Waals surface area contributed by atoms with Crippen LogP contribution in [0, 0.1) is 0 Å². The SMILES string of the molecule is CCN1CCC(NC(=O)CSc2nnc(CN3CCCC3=O)n2-c2ccccn2)CC1. The van der Waals surface area contributed by atoms with Crippen LogP contribution in [0.1, 0.15) is 38.4 Å². The van der Waals surface area contributed by atoms with Gasteiger partial charge in [-0.1, -0.05) is 24.8 Å². The third-order valence-corrected chi connectivity index (χ3v) is 6.74. The molecule has 2 aromatic rings. The number of hydrogen-bond donors (Lipinski definition) is 1. The van der Waals surface area contributed by atoms with Crippen molar-refractivity contribution in [2.75, 3.05) is 31.9 Å². The van der Waals surface area contributed by atoms with Gasteiger partial charge in [-0.2, -0.15) is 0 Å². The molecule has 2 aromatic heterocycles. The van der Waals surface area contributed by atoms with Crippen molar-refractivity contribution in [2.45, 2.75) is 50.4 Å². The van der Waals surface area contributed by atoms with Crippen LogP contribution in [0.5, 0.6) is 0 Å². The van der Waals surface area contributed by atoms with Gasteiger partial charge in [-0.3, -0.25) is 14.2 Å². The van der Waals surface area contributed by atoms with Gasteiger partial charge in [0.2, 0.25) is 11.8 Å². The molecule has 9 nitrogen and oxygen atoms in total. The summed E-state index contributed by atoms with van der Waals surface area (Å²) in [7, 11) is 0. The standard InChI is InChI=1S/C21H29N7O2S/c1-2-26-12-8-16(9-13-26)23-19(29)15-31-21-25-24-18(14-27-11-5-7-20(27)30)28(21)17-6-3-4-10-22-17/h3-4,6,10,16H,2,5,7-9,11-15H2,1H3,(H,23,29). The second kappa shape index (κ2) is 10.2. The Balaban J connectivity index is 1.41. The van der Waals surface area contributed by atoms with Crippen LogP contribution in [0.2, 0.25) is 0 Å². The average Bonchev–Trinajstić information content (AvgIpc) is 3.39. The maximum absolute atomic E-state index is 12.5. The van der Waals surface area contributed by atoms with Crippen LogP contribution in [0.25, 0.3) is 5.82 Å². The Labute approximate surface area is 186 Å². The number of thioether (sulfide) groups is 1. The second-order valence-electron chi connectivity index (χ2n) is 7.91. The normalized spacial score (nSPS) is 18.0. The van der Waals surface area contributed by atoms with Crippen molar-refractivity contribution in [2.24, 2.45) is 0 Å². The largest absolute Gasteiger partial charge is 0.353 e. The van der Waals surface area contributed by atoms with Crippen LogP contribution < -0.4 is 5.32 Å². The molecule has 1 N–H and O–H groups in total. The van der Waals surface area contributed by atoms with Crippen LogP contribution in [-0.4, -0.2) is 79.3 Å². The molecule has 0 aliphatic carbocycles. The summed E-state index contributed by atoms with van der Waals surface area (Å²) in [5, 5.41) is 12.4. The molecule has 0 atom stereocenters. The van der Waals surface area contributed by atoms with Gasteiger partial charge in [-0.15, -0.1) is 10.2 Å². The Hall–Kier alpha value is -2.46. The van der Waals surface area contributed by atoms with E-state index >= 15 is 0 Å². The smallest absolute Gasteiger partial charge is 0.230 e. The molecule has 0 unspecified atom stereocenters. The highest BCUT2D eigenvalue weighted by atomic mass is 32.2. The zero-order valence-electron chi connectivity index (χ0n) is 17.9. The fourth-order valence-electron chi connectivity index (χ4n) is 4.05. The molecule has 4 rings (SSSR count). The lowest BCUT2D eigenvalue weighted by molar-refractivity contribution is -0.128. The third-order valence-electron chi connectivity index (χ3n) is 5.81. The molecule has 0 aromatic carbocycles. The summed E-state index contributed by atoms with van der Waals surface area (Å²) < 4.78 is 1.85. The van der Waals surface area contributed by atoms with E-state index in [4.69, 9.17) is 0 Å². The molecule has 0 saturated carbocycles. The van der Waals surface area contributed by atoms with E-state index in [1.165, 1.54) is 11.8 Å². The van der Waals surface area contributed by atoms with E-state index in [9.17, 15) is 9.59 Å². The first-order valence-electron chi connectivity index (χ1n) is 10.9. The Morgan fingerprint density at radius 1 is 1.23 bits per heavy atom. The first kappa shape index (κ1) is 21.8. The fraction of sp³-hybridized carbons (Fsp3) is 0.571. The van der Waals surface area contributed by atoms with E-state index in [0.29, 0.717) is 29.8 Å². The summed E-state index contributed by atoms with van der Waals surface area (Å²) in [4.78, 5) is 33.2. The van der Waals surface area contributed by atoms with Gasteiger partial charge in [0.25, 0.3) is 0 Å². The molecule has 2 saturated heterocycles. The maximum Gasteiger partial charge on any atom is 0.230 e. The molecule has 2 aliphatic rings. The number of pyridine rings is 1. The van der Waals surface area contributed by atoms with E-state index in [1.807, 2.05) is 22.8 Å². The van der Waals surface area contributed by atoms with Gasteiger partial charge >= 0.3 is 0 Å². The van der Waals surface area contributed by atoms with Crippen molar-refractivity contribution in [3.8, 4) is 5.82 Å². The number of carbonyl (C=O) groups is 2. The number of rotatable bonds is 8. The van der Waals surface area contributed by atoms with Crippen molar-refractivity contribution >= 4 is 23.6 Å². The molecular formula is C21H29N7O2S. The summed E-state index contributed by atoms with van der Waals surface area (Å²) in [5.41, 5.74) is 0. The first-order chi connectivity index (χ1) is 15.1. The van der Waals surface area contributed by atoms with Crippen molar-refractivity contribution in [1.82, 2.24) is 34.9 Å². The minimum atomic E-state index is 0.00629. The van der Waals surface area contributed by atoms with Gasteiger partial charge in [0.15, 0.2) is 11.0 Å². The Morgan fingerprint density at radius 3 is 2.74 bits per heavy atom. The molecule has 0 radical (unpaired) electrons. The maximum atomic E-state index is 12.5. The summed E-state index contributed by atoms with van der Waals surface area (Å²) in [6.07, 6.45) is 5.14. The van der Waals surface area contributed by atoms with Gasteiger partial charge in [0.05, 0.1) is 12.3 Å². The number of nitrogens with one attached hydrogen (secondary N) is 1. The van der Waals surface area contributed by atoms with Gasteiger partial charge in [0.1, 0.15) is 5.82 Å². The number of nitrogens with zero attached hydrogens (tertiary/aromatic N) is 6. The number of carbonyl (C=O) groups excluding carboxylic acids is 2. The predicted molar refractivity (Wildman–Crippen MR) is 118 cm³/mol. The average molecular weight is 444 g/mol. The van der Waals surface area contributed by atoms with Crippen molar-refractivity contribution < 1.29 is 9.59 Å². The highest BCUT2D eigenvalue weighted by molar-refractivity contribution is 7.99. The van der Waals surface area contributed by atoms with Crippen LogP contribution in [0.15, 0.2) is 29.6 Å². The highest BCUT2D eigenvalue weighted by Crippen LogP contribution is 2.23. The quantitative estimate of drug-likeness (QED) is 0.617. The van der Waals surface area contributed by atoms with Gasteiger partial charge in [-0.25, -0.2) is 4.98 Å². The first-order valence-corrected chi connectivity index (χ1v) is 11.9. The molecule has 10 heteroatoms. The number of amides is 2. The van der Waals surface area contributed by atoms with Crippen LogP contribution in [-0.2, 0) is 16.1 Å². The summed E-state index contributed by atoms with van der Waals surface area (Å²) in [6, 6.07) is 5.87. The molecule has 0 bridgehead atoms. The molecule has 2 fully saturated rings. The minimum Gasteiger partial charge on any atom is -0.353 e. The lowest BCUT2D eigenvalue weighted by Gasteiger charge is -2.31. The lowest BCUT2D eigenvalue weighted by Crippen LogP contribution is -2.45. The monoisotopic (exact) mass is 443 g/mol. The lowest BCUT2D eigenvalue weighted by atomic mass is 10.1. The molecule has 2 aliphatic heterocycles. The van der Waals surface area contributed by atoms with E-state index in [0.717, 1.165) is 45.4 Å². The van der Waals surface area contributed by atoms with Crippen LogP contribution in [0.3, 0.4) is 0 Å². The van der Waals surface area contributed by atoms with E-state index in [-0.39, 0.29) is 23.6 Å². The summed E-state index contributed by atoms with van der Waals surface area (Å²) in [5.74, 6) is 1.75. The zero-order valence-corrected chi connectivity index (χ0v) is 18.7. The van der Waals surface area contributed by atoms with Crippen molar-refractivity contribution in [3.63, 3.8) is 0 Å². The molecular weight excluding hydrogens is 414 g/mol. The summed E-state index contributed by atoms with van der Waals surface area (Å²) in [6.45, 7) is 6.41. The Morgan fingerprint density at radius 2 is 2.06 bits per heavy atom. The topological polar surface area (TPSA) is 96.3 Å². The van der Waals surface area contributed by atoms with Crippen molar-refractivity contribution in [3.05, 3.63) is 30.2 Å². The van der Waals surface area contributed by atoms with Crippen LogP contribution >= 0.6 is 11.8 Å². The molecule has 4 heterocycles. The fourth-order valence-corrected chi connectivity index (χ4v) is 4.82. The number of hydrogen-bond acceptors (Lipinski definition) is 7.